The maximum absolute atomic E-state index is 13.7. The summed E-state index contributed by atoms with van der Waals surface area (Å²) in [5.41, 5.74) is 4.48. The van der Waals surface area contributed by atoms with Crippen molar-refractivity contribution in [1.29, 1.82) is 0 Å². The third-order valence-electron chi connectivity index (χ3n) is 7.32. The highest BCUT2D eigenvalue weighted by Gasteiger charge is 2.47. The van der Waals surface area contributed by atoms with Gasteiger partial charge >= 0.3 is 0 Å². The molecule has 4 rings (SSSR count). The Morgan fingerprint density at radius 1 is 0.949 bits per heavy atom. The van der Waals surface area contributed by atoms with Crippen LogP contribution in [0, 0.1) is 6.92 Å². The molecule has 1 aliphatic rings. The van der Waals surface area contributed by atoms with Gasteiger partial charge in [-0.05, 0) is 64.8 Å². The van der Waals surface area contributed by atoms with Gasteiger partial charge in [0, 0.05) is 17.3 Å². The summed E-state index contributed by atoms with van der Waals surface area (Å²) in [6.45, 7) is 12.3. The predicted octanol–water partition coefficient (Wildman–Crippen LogP) is 7.06. The number of rotatable bonds is 6. The molecule has 204 valence electrons. The first-order valence-electron chi connectivity index (χ1n) is 13.1. The number of hydrogen-bond acceptors (Lipinski definition) is 5. The zero-order chi connectivity index (χ0) is 28.6. The Morgan fingerprint density at radius 3 is 2.18 bits per heavy atom. The van der Waals surface area contributed by atoms with Crippen molar-refractivity contribution >= 4 is 23.1 Å². The van der Waals surface area contributed by atoms with Gasteiger partial charge in [-0.2, -0.15) is 0 Å². The molecule has 6 heteroatoms. The maximum atomic E-state index is 13.7. The Kier molecular flexibility index (Phi) is 7.60. The van der Waals surface area contributed by atoms with Crippen LogP contribution in [0.25, 0.3) is 5.76 Å². The van der Waals surface area contributed by atoms with Gasteiger partial charge in [0.05, 0.1) is 25.8 Å². The topological polar surface area (TPSA) is 76.1 Å². The highest BCUT2D eigenvalue weighted by atomic mass is 16.5. The zero-order valence-corrected chi connectivity index (χ0v) is 24.0. The Bertz CT molecular complexity index is 1440. The molecule has 0 radical (unpaired) electrons. The van der Waals surface area contributed by atoms with E-state index in [4.69, 9.17) is 9.47 Å². The average Bonchev–Trinajstić information content (AvgIpc) is 3.17. The summed E-state index contributed by atoms with van der Waals surface area (Å²) in [5, 5.41) is 11.8. The number of Topliss-reactive ketones (excluding diaryl/α,β-unsaturated/α-hetero) is 1. The van der Waals surface area contributed by atoms with Crippen molar-refractivity contribution in [3.8, 4) is 11.5 Å². The van der Waals surface area contributed by atoms with Crippen molar-refractivity contribution in [2.24, 2.45) is 0 Å². The minimum atomic E-state index is -0.824. The molecule has 1 amide bonds. The first kappa shape index (κ1) is 28.0. The number of amides is 1. The number of methoxy groups -OCH3 is 2. The van der Waals surface area contributed by atoms with Gasteiger partial charge < -0.3 is 14.6 Å². The minimum absolute atomic E-state index is 0.0503. The first-order chi connectivity index (χ1) is 18.4. The number of nitrogens with zero attached hydrogens (tertiary/aromatic N) is 1. The molecule has 39 heavy (non-hydrogen) atoms. The number of aliphatic hydroxyl groups is 1. The van der Waals surface area contributed by atoms with Gasteiger partial charge in [-0.15, -0.1) is 0 Å². The van der Waals surface area contributed by atoms with E-state index in [1.807, 2.05) is 57.2 Å². The molecule has 0 spiro atoms. The molecule has 1 saturated heterocycles. The number of benzene rings is 3. The smallest absolute Gasteiger partial charge is 0.300 e. The van der Waals surface area contributed by atoms with Crippen molar-refractivity contribution < 1.29 is 24.2 Å². The van der Waals surface area contributed by atoms with Crippen LogP contribution in [0.1, 0.15) is 74.4 Å². The van der Waals surface area contributed by atoms with E-state index in [0.29, 0.717) is 22.7 Å². The van der Waals surface area contributed by atoms with Crippen LogP contribution in [-0.2, 0) is 15.0 Å². The second-order valence-corrected chi connectivity index (χ2v) is 11.3. The fraction of sp³-hybridized carbons (Fsp3) is 0.333. The van der Waals surface area contributed by atoms with Crippen LogP contribution in [0.3, 0.4) is 0 Å². The Labute approximate surface area is 230 Å². The molecule has 1 atom stereocenters. The normalized spacial score (nSPS) is 17.2. The van der Waals surface area contributed by atoms with Crippen LogP contribution in [0.15, 0.2) is 66.2 Å². The summed E-state index contributed by atoms with van der Waals surface area (Å²) in [6.07, 6.45) is 0. The van der Waals surface area contributed by atoms with E-state index in [-0.39, 0.29) is 22.7 Å². The quantitative estimate of drug-likeness (QED) is 0.211. The summed E-state index contributed by atoms with van der Waals surface area (Å²) < 4.78 is 11.0. The van der Waals surface area contributed by atoms with E-state index in [1.54, 1.807) is 38.5 Å². The SMILES string of the molecule is COc1cccc(N2C(=O)C(=O)/C(=C(/O)c3cc(C(C)C)c(OC)cc3C)C2c2ccc(C(C)(C)C)cc2)c1. The van der Waals surface area contributed by atoms with Crippen LogP contribution in [-0.4, -0.2) is 31.0 Å². The highest BCUT2D eigenvalue weighted by Crippen LogP contribution is 2.44. The van der Waals surface area contributed by atoms with Crippen LogP contribution >= 0.6 is 0 Å². The highest BCUT2D eigenvalue weighted by molar-refractivity contribution is 6.51. The number of anilines is 1. The number of carbonyl (C=O) groups excluding carboxylic acids is 2. The molecule has 1 N–H and O–H groups in total. The Hall–Kier alpha value is -4.06. The van der Waals surface area contributed by atoms with Crippen molar-refractivity contribution in [2.45, 2.75) is 58.9 Å². The fourth-order valence-corrected chi connectivity index (χ4v) is 5.07. The van der Waals surface area contributed by atoms with Crippen LogP contribution in [0.5, 0.6) is 11.5 Å². The van der Waals surface area contributed by atoms with Crippen molar-refractivity contribution in [3.05, 3.63) is 94.1 Å². The molecule has 0 aromatic heterocycles. The summed E-state index contributed by atoms with van der Waals surface area (Å²) in [5.74, 6) is -0.252. The van der Waals surface area contributed by atoms with E-state index in [2.05, 4.69) is 20.8 Å². The zero-order valence-electron chi connectivity index (χ0n) is 24.0. The van der Waals surface area contributed by atoms with Crippen LogP contribution in [0.2, 0.25) is 0 Å². The summed E-state index contributed by atoms with van der Waals surface area (Å²) in [7, 11) is 3.16. The maximum Gasteiger partial charge on any atom is 0.300 e. The molecule has 0 aliphatic carbocycles. The fourth-order valence-electron chi connectivity index (χ4n) is 5.07. The summed E-state index contributed by atoms with van der Waals surface area (Å²) >= 11 is 0. The van der Waals surface area contributed by atoms with Gasteiger partial charge in [0.25, 0.3) is 11.7 Å². The van der Waals surface area contributed by atoms with Gasteiger partial charge in [0.2, 0.25) is 0 Å². The molecule has 6 nitrogen and oxygen atoms in total. The standard InChI is InChI=1S/C33H37NO5/c1-19(2)25-18-26(20(3)16-27(25)39-8)30(35)28-29(21-12-14-22(15-13-21)33(4,5)6)34(32(37)31(28)36)23-10-9-11-24(17-23)38-7/h9-19,29,35H,1-8H3/b30-28+. The van der Waals surface area contributed by atoms with Crippen LogP contribution in [0.4, 0.5) is 5.69 Å². The number of aryl methyl sites for hydroxylation is 1. The second-order valence-electron chi connectivity index (χ2n) is 11.3. The van der Waals surface area contributed by atoms with Gasteiger partial charge in [-0.3, -0.25) is 14.5 Å². The number of carbonyl (C=O) groups is 2. The molecule has 0 saturated carbocycles. The van der Waals surface area contributed by atoms with E-state index < -0.39 is 17.7 Å². The summed E-state index contributed by atoms with van der Waals surface area (Å²) in [6, 6.07) is 17.8. The van der Waals surface area contributed by atoms with E-state index in [9.17, 15) is 14.7 Å². The molecular weight excluding hydrogens is 490 g/mol. The Balaban J connectivity index is 1.98. The average molecular weight is 528 g/mol. The molecular formula is C33H37NO5. The minimum Gasteiger partial charge on any atom is -0.507 e. The number of ether oxygens (including phenoxy) is 2. The van der Waals surface area contributed by atoms with Crippen LogP contribution < -0.4 is 14.4 Å². The van der Waals surface area contributed by atoms with Crippen molar-refractivity contribution in [1.82, 2.24) is 0 Å². The largest absolute Gasteiger partial charge is 0.507 e. The van der Waals surface area contributed by atoms with Gasteiger partial charge in [0.15, 0.2) is 0 Å². The third kappa shape index (κ3) is 5.16. The molecule has 0 bridgehead atoms. The third-order valence-corrected chi connectivity index (χ3v) is 7.32. The lowest BCUT2D eigenvalue weighted by molar-refractivity contribution is -0.132. The lowest BCUT2D eigenvalue weighted by atomic mass is 9.85. The van der Waals surface area contributed by atoms with Gasteiger partial charge in [-0.25, -0.2) is 0 Å². The van der Waals surface area contributed by atoms with E-state index in [0.717, 1.165) is 22.3 Å². The van der Waals surface area contributed by atoms with Gasteiger partial charge in [-0.1, -0.05) is 65.0 Å². The van der Waals surface area contributed by atoms with E-state index >= 15 is 0 Å². The molecule has 3 aromatic rings. The lowest BCUT2D eigenvalue weighted by Crippen LogP contribution is -2.29. The van der Waals surface area contributed by atoms with Crippen molar-refractivity contribution in [3.63, 3.8) is 0 Å². The molecule has 1 aliphatic heterocycles. The molecule has 1 heterocycles. The first-order valence-corrected chi connectivity index (χ1v) is 13.1. The van der Waals surface area contributed by atoms with Gasteiger partial charge in [0.1, 0.15) is 17.3 Å². The van der Waals surface area contributed by atoms with E-state index in [1.165, 1.54) is 4.90 Å². The lowest BCUT2D eigenvalue weighted by Gasteiger charge is -2.27. The number of ketones is 1. The monoisotopic (exact) mass is 527 g/mol. The number of hydrogen-bond donors (Lipinski definition) is 1. The van der Waals surface area contributed by atoms with Crippen molar-refractivity contribution in [2.75, 3.05) is 19.1 Å². The predicted molar refractivity (Wildman–Crippen MR) is 155 cm³/mol. The molecule has 3 aromatic carbocycles. The number of aliphatic hydroxyl groups excluding tert-OH is 1. The Morgan fingerprint density at radius 2 is 1.62 bits per heavy atom. The second kappa shape index (κ2) is 10.6. The molecule has 1 unspecified atom stereocenters. The molecule has 1 fully saturated rings. The summed E-state index contributed by atoms with van der Waals surface area (Å²) in [4.78, 5) is 28.7.